The van der Waals surface area contributed by atoms with Gasteiger partial charge in [0, 0.05) is 7.05 Å². The Bertz CT molecular complexity index is 455. The molecule has 76 valence electrons. The molecule has 0 aromatic carbocycles. The molecule has 0 aliphatic heterocycles. The molecular weight excluding hydrogens is 202 g/mol. The SMILES string of the molecule is C#CCN(C)S(=O)(=O)c1cn[nH]c1C. The summed E-state index contributed by atoms with van der Waals surface area (Å²) in [5, 5.41) is 6.21. The van der Waals surface area contributed by atoms with E-state index >= 15 is 0 Å². The van der Waals surface area contributed by atoms with Crippen LogP contribution in [0, 0.1) is 19.3 Å². The number of nitrogens with one attached hydrogen (secondary N) is 1. The van der Waals surface area contributed by atoms with E-state index < -0.39 is 10.0 Å². The van der Waals surface area contributed by atoms with E-state index in [9.17, 15) is 8.42 Å². The van der Waals surface area contributed by atoms with Gasteiger partial charge in [-0.15, -0.1) is 6.42 Å². The van der Waals surface area contributed by atoms with Gasteiger partial charge in [0.2, 0.25) is 10.0 Å². The molecule has 14 heavy (non-hydrogen) atoms. The van der Waals surface area contributed by atoms with Crippen LogP contribution in [0.2, 0.25) is 0 Å². The first kappa shape index (κ1) is 10.8. The van der Waals surface area contributed by atoms with E-state index in [4.69, 9.17) is 6.42 Å². The summed E-state index contributed by atoms with van der Waals surface area (Å²) in [5.41, 5.74) is 0.508. The van der Waals surface area contributed by atoms with Gasteiger partial charge in [-0.25, -0.2) is 8.42 Å². The molecule has 0 bridgehead atoms. The van der Waals surface area contributed by atoms with Crippen molar-refractivity contribution in [3.8, 4) is 12.3 Å². The summed E-state index contributed by atoms with van der Waals surface area (Å²) in [6.07, 6.45) is 6.31. The van der Waals surface area contributed by atoms with Crippen LogP contribution in [-0.4, -0.2) is 36.5 Å². The summed E-state index contributed by atoms with van der Waals surface area (Å²) < 4.78 is 24.7. The number of aryl methyl sites for hydroxylation is 1. The lowest BCUT2D eigenvalue weighted by molar-refractivity contribution is 0.502. The zero-order chi connectivity index (χ0) is 10.8. The third kappa shape index (κ3) is 1.78. The highest BCUT2D eigenvalue weighted by molar-refractivity contribution is 7.89. The Morgan fingerprint density at radius 3 is 2.79 bits per heavy atom. The van der Waals surface area contributed by atoms with Gasteiger partial charge in [-0.3, -0.25) is 5.10 Å². The van der Waals surface area contributed by atoms with E-state index in [1.165, 1.54) is 13.2 Å². The standard InChI is InChI=1S/C8H11N3O2S/c1-4-5-11(3)14(12,13)8-6-9-10-7(8)2/h1,6H,5H2,2-3H3,(H,9,10). The molecule has 1 heterocycles. The molecule has 0 atom stereocenters. The molecule has 0 radical (unpaired) electrons. The molecule has 0 fully saturated rings. The predicted molar refractivity (Wildman–Crippen MR) is 52.0 cm³/mol. The van der Waals surface area contributed by atoms with E-state index in [1.807, 2.05) is 0 Å². The van der Waals surface area contributed by atoms with Crippen molar-refractivity contribution in [2.75, 3.05) is 13.6 Å². The molecule has 1 N–H and O–H groups in total. The van der Waals surface area contributed by atoms with Crippen molar-refractivity contribution in [3.05, 3.63) is 11.9 Å². The average Bonchev–Trinajstić information content (AvgIpc) is 2.52. The lowest BCUT2D eigenvalue weighted by Gasteiger charge is -2.12. The van der Waals surface area contributed by atoms with Crippen LogP contribution in [0.4, 0.5) is 0 Å². The van der Waals surface area contributed by atoms with Crippen molar-refractivity contribution >= 4 is 10.0 Å². The molecule has 0 unspecified atom stereocenters. The zero-order valence-electron chi connectivity index (χ0n) is 7.98. The van der Waals surface area contributed by atoms with Crippen molar-refractivity contribution in [1.82, 2.24) is 14.5 Å². The third-order valence-corrected chi connectivity index (χ3v) is 3.70. The fourth-order valence-electron chi connectivity index (χ4n) is 0.981. The first-order chi connectivity index (χ1) is 6.50. The summed E-state index contributed by atoms with van der Waals surface area (Å²) >= 11 is 0. The number of terminal acetylenes is 1. The second-order valence-corrected chi connectivity index (χ2v) is 4.84. The maximum atomic E-state index is 11.8. The maximum absolute atomic E-state index is 11.8. The predicted octanol–water partition coefficient (Wildman–Crippen LogP) is -0.0282. The molecule has 0 saturated heterocycles. The average molecular weight is 213 g/mol. The van der Waals surface area contributed by atoms with Crippen LogP contribution in [0.15, 0.2) is 11.1 Å². The summed E-state index contributed by atoms with van der Waals surface area (Å²) in [6.45, 7) is 1.69. The number of aromatic amines is 1. The van der Waals surface area contributed by atoms with Gasteiger partial charge in [-0.05, 0) is 6.92 Å². The lowest BCUT2D eigenvalue weighted by atomic mass is 10.5. The van der Waals surface area contributed by atoms with Gasteiger partial charge in [0.1, 0.15) is 4.90 Å². The number of H-pyrrole nitrogens is 1. The Labute approximate surface area is 83.2 Å². The minimum absolute atomic E-state index is 0.0486. The first-order valence-corrected chi connectivity index (χ1v) is 5.34. The van der Waals surface area contributed by atoms with Crippen LogP contribution in [0.5, 0.6) is 0 Å². The minimum Gasteiger partial charge on any atom is -0.281 e. The molecule has 1 rings (SSSR count). The maximum Gasteiger partial charge on any atom is 0.247 e. The van der Waals surface area contributed by atoms with Crippen LogP contribution in [0.3, 0.4) is 0 Å². The topological polar surface area (TPSA) is 66.1 Å². The summed E-state index contributed by atoms with van der Waals surface area (Å²) in [7, 11) is -2.06. The van der Waals surface area contributed by atoms with Crippen LogP contribution >= 0.6 is 0 Å². The van der Waals surface area contributed by atoms with Crippen molar-refractivity contribution in [1.29, 1.82) is 0 Å². The van der Waals surface area contributed by atoms with Crippen molar-refractivity contribution in [2.24, 2.45) is 0 Å². The van der Waals surface area contributed by atoms with E-state index in [0.29, 0.717) is 5.69 Å². The second-order valence-electron chi connectivity index (χ2n) is 2.82. The highest BCUT2D eigenvalue weighted by atomic mass is 32.2. The number of nitrogens with zero attached hydrogens (tertiary/aromatic N) is 2. The molecule has 0 aliphatic rings. The molecule has 0 spiro atoms. The molecule has 6 heteroatoms. The molecule has 0 aliphatic carbocycles. The zero-order valence-corrected chi connectivity index (χ0v) is 8.80. The van der Waals surface area contributed by atoms with E-state index in [0.717, 1.165) is 4.31 Å². The Morgan fingerprint density at radius 2 is 2.36 bits per heavy atom. The number of aromatic nitrogens is 2. The highest BCUT2D eigenvalue weighted by Crippen LogP contribution is 2.15. The minimum atomic E-state index is -3.49. The number of hydrogen-bond donors (Lipinski definition) is 1. The van der Waals surface area contributed by atoms with E-state index in [1.54, 1.807) is 6.92 Å². The molecular formula is C8H11N3O2S. The fourth-order valence-corrected chi connectivity index (χ4v) is 2.18. The van der Waals surface area contributed by atoms with Crippen molar-refractivity contribution in [3.63, 3.8) is 0 Å². The van der Waals surface area contributed by atoms with Crippen molar-refractivity contribution < 1.29 is 8.42 Å². The Hall–Kier alpha value is -1.32. The largest absolute Gasteiger partial charge is 0.281 e. The fraction of sp³-hybridized carbons (Fsp3) is 0.375. The summed E-state index contributed by atoms with van der Waals surface area (Å²) in [5.74, 6) is 2.27. The van der Waals surface area contributed by atoms with Crippen LogP contribution < -0.4 is 0 Å². The van der Waals surface area contributed by atoms with Gasteiger partial charge in [0.25, 0.3) is 0 Å². The lowest BCUT2D eigenvalue weighted by Crippen LogP contribution is -2.27. The van der Waals surface area contributed by atoms with Gasteiger partial charge >= 0.3 is 0 Å². The number of sulfonamides is 1. The van der Waals surface area contributed by atoms with Gasteiger partial charge < -0.3 is 0 Å². The Balaban J connectivity index is 3.10. The van der Waals surface area contributed by atoms with Crippen LogP contribution in [0.25, 0.3) is 0 Å². The van der Waals surface area contributed by atoms with E-state index in [2.05, 4.69) is 16.1 Å². The third-order valence-electron chi connectivity index (χ3n) is 1.79. The van der Waals surface area contributed by atoms with Crippen LogP contribution in [-0.2, 0) is 10.0 Å². The van der Waals surface area contributed by atoms with E-state index in [-0.39, 0.29) is 11.4 Å². The quantitative estimate of drug-likeness (QED) is 0.717. The second kappa shape index (κ2) is 3.82. The molecule has 1 aromatic heterocycles. The molecule has 0 amide bonds. The normalized spacial score (nSPS) is 11.6. The molecule has 5 nitrogen and oxygen atoms in total. The molecule has 1 aromatic rings. The Morgan fingerprint density at radius 1 is 1.71 bits per heavy atom. The smallest absolute Gasteiger partial charge is 0.247 e. The van der Waals surface area contributed by atoms with Gasteiger partial charge in [0.05, 0.1) is 18.4 Å². The van der Waals surface area contributed by atoms with Crippen LogP contribution in [0.1, 0.15) is 5.69 Å². The monoisotopic (exact) mass is 213 g/mol. The summed E-state index contributed by atoms with van der Waals surface area (Å²) in [6, 6.07) is 0. The number of rotatable bonds is 3. The highest BCUT2D eigenvalue weighted by Gasteiger charge is 2.23. The van der Waals surface area contributed by atoms with Crippen molar-refractivity contribution in [2.45, 2.75) is 11.8 Å². The van der Waals surface area contributed by atoms with Gasteiger partial charge in [0.15, 0.2) is 0 Å². The van der Waals surface area contributed by atoms with Gasteiger partial charge in [-0.1, -0.05) is 5.92 Å². The Kier molecular flexibility index (Phi) is 2.93. The first-order valence-electron chi connectivity index (χ1n) is 3.90. The van der Waals surface area contributed by atoms with Gasteiger partial charge in [-0.2, -0.15) is 9.40 Å². The summed E-state index contributed by atoms with van der Waals surface area (Å²) in [4.78, 5) is 0.162. The molecule has 0 saturated carbocycles. The number of hydrogen-bond acceptors (Lipinski definition) is 3.